The van der Waals surface area contributed by atoms with Gasteiger partial charge in [0.2, 0.25) is 0 Å². The summed E-state index contributed by atoms with van der Waals surface area (Å²) in [5.74, 6) is 0.606. The highest BCUT2D eigenvalue weighted by molar-refractivity contribution is 5.77. The second kappa shape index (κ2) is 2.48. The van der Waals surface area contributed by atoms with Crippen molar-refractivity contribution in [3.63, 3.8) is 0 Å². The van der Waals surface area contributed by atoms with E-state index in [1.807, 2.05) is 13.8 Å². The monoisotopic (exact) mass is 156 g/mol. The van der Waals surface area contributed by atoms with Gasteiger partial charge in [0.1, 0.15) is 0 Å². The van der Waals surface area contributed by atoms with E-state index in [1.165, 1.54) is 0 Å². The van der Waals surface area contributed by atoms with E-state index in [2.05, 4.69) is 4.99 Å². The van der Waals surface area contributed by atoms with Gasteiger partial charge in [-0.05, 0) is 13.3 Å². The molecule has 1 rings (SSSR count). The molecule has 2 atom stereocenters. The van der Waals surface area contributed by atoms with Crippen LogP contribution in [-0.4, -0.2) is 23.1 Å². The fraction of sp³-hybridized carbons (Fsp3) is 0.875. The van der Waals surface area contributed by atoms with E-state index in [4.69, 9.17) is 5.73 Å². The van der Waals surface area contributed by atoms with Crippen LogP contribution in [0.3, 0.4) is 0 Å². The van der Waals surface area contributed by atoms with Crippen molar-refractivity contribution >= 4 is 5.84 Å². The quantitative estimate of drug-likeness (QED) is 0.429. The van der Waals surface area contributed by atoms with Crippen LogP contribution in [0.25, 0.3) is 0 Å². The summed E-state index contributed by atoms with van der Waals surface area (Å²) in [5, 5.41) is 9.35. The highest BCUT2D eigenvalue weighted by Gasteiger charge is 2.47. The van der Waals surface area contributed by atoms with Gasteiger partial charge in [-0.25, -0.2) is 0 Å². The second-order valence-electron chi connectivity index (χ2n) is 3.86. The second-order valence-corrected chi connectivity index (χ2v) is 3.86. The molecule has 1 aliphatic rings. The number of aliphatic hydroxyl groups is 1. The summed E-state index contributed by atoms with van der Waals surface area (Å²) in [6.45, 7) is 5.80. The van der Waals surface area contributed by atoms with Gasteiger partial charge in [-0.3, -0.25) is 4.99 Å². The van der Waals surface area contributed by atoms with E-state index in [0.717, 1.165) is 6.42 Å². The first-order valence-corrected chi connectivity index (χ1v) is 3.92. The first-order valence-electron chi connectivity index (χ1n) is 3.92. The number of nitrogens with zero attached hydrogens (tertiary/aromatic N) is 1. The number of rotatable bonds is 1. The Balaban J connectivity index is 2.60. The van der Waals surface area contributed by atoms with Gasteiger partial charge < -0.3 is 10.8 Å². The molecule has 0 amide bonds. The molecule has 0 aliphatic heterocycles. The van der Waals surface area contributed by atoms with Gasteiger partial charge in [0.15, 0.2) is 0 Å². The molecule has 11 heavy (non-hydrogen) atoms. The Labute approximate surface area is 67.3 Å². The molecule has 0 bridgehead atoms. The third kappa shape index (κ3) is 1.38. The van der Waals surface area contributed by atoms with Crippen molar-refractivity contribution < 1.29 is 5.11 Å². The maximum absolute atomic E-state index is 9.35. The Bertz CT molecular complexity index is 183. The normalized spacial score (nSPS) is 36.5. The molecule has 0 saturated heterocycles. The van der Waals surface area contributed by atoms with Crippen molar-refractivity contribution in [3.8, 4) is 0 Å². The fourth-order valence-corrected chi connectivity index (χ4v) is 1.35. The smallest absolute Gasteiger partial charge is 0.0909 e. The maximum Gasteiger partial charge on any atom is 0.0909 e. The third-order valence-corrected chi connectivity index (χ3v) is 2.52. The highest BCUT2D eigenvalue weighted by atomic mass is 16.3. The molecule has 0 radical (unpaired) electrons. The molecule has 3 nitrogen and oxygen atoms in total. The molecule has 2 unspecified atom stereocenters. The van der Waals surface area contributed by atoms with Crippen molar-refractivity contribution in [2.75, 3.05) is 0 Å². The lowest BCUT2D eigenvalue weighted by molar-refractivity contribution is -0.0576. The van der Waals surface area contributed by atoms with E-state index in [-0.39, 0.29) is 17.6 Å². The zero-order valence-corrected chi connectivity index (χ0v) is 7.33. The molecule has 3 N–H and O–H groups in total. The molecule has 0 heterocycles. The number of nitrogens with two attached hydrogens (primary N) is 1. The molecule has 1 saturated carbocycles. The summed E-state index contributed by atoms with van der Waals surface area (Å²) in [7, 11) is 0. The van der Waals surface area contributed by atoms with E-state index in [9.17, 15) is 5.11 Å². The number of hydrogen-bond donors (Lipinski definition) is 2. The Morgan fingerprint density at radius 1 is 1.64 bits per heavy atom. The molecule has 1 fully saturated rings. The van der Waals surface area contributed by atoms with Gasteiger partial charge in [-0.15, -0.1) is 0 Å². The Morgan fingerprint density at radius 3 is 2.45 bits per heavy atom. The van der Waals surface area contributed by atoms with Crippen molar-refractivity contribution in [1.82, 2.24) is 0 Å². The molecule has 1 aliphatic carbocycles. The molecular formula is C8H16N2O. The first-order chi connectivity index (χ1) is 4.94. The van der Waals surface area contributed by atoms with Crippen LogP contribution in [0.15, 0.2) is 4.99 Å². The molecule has 0 aromatic heterocycles. The number of aliphatic imine (C=N–C) groups is 1. The number of hydrogen-bond acceptors (Lipinski definition) is 2. The van der Waals surface area contributed by atoms with E-state index in [0.29, 0.717) is 5.84 Å². The Morgan fingerprint density at radius 2 is 2.18 bits per heavy atom. The minimum Gasteiger partial charge on any atom is -0.392 e. The predicted molar refractivity (Wildman–Crippen MR) is 45.5 cm³/mol. The van der Waals surface area contributed by atoms with Crippen LogP contribution in [0.5, 0.6) is 0 Å². The molecule has 0 spiro atoms. The van der Waals surface area contributed by atoms with Crippen LogP contribution in [-0.2, 0) is 0 Å². The Kier molecular flexibility index (Phi) is 1.92. The van der Waals surface area contributed by atoms with Gasteiger partial charge >= 0.3 is 0 Å². The summed E-state index contributed by atoms with van der Waals surface area (Å²) in [4.78, 5) is 4.22. The van der Waals surface area contributed by atoms with Crippen molar-refractivity contribution in [2.24, 2.45) is 16.1 Å². The minimum absolute atomic E-state index is 0.0827. The first kappa shape index (κ1) is 8.53. The zero-order chi connectivity index (χ0) is 8.65. The van der Waals surface area contributed by atoms with Gasteiger partial charge in [0, 0.05) is 5.41 Å². The van der Waals surface area contributed by atoms with Gasteiger partial charge in [0.25, 0.3) is 0 Å². The van der Waals surface area contributed by atoms with E-state index >= 15 is 0 Å². The van der Waals surface area contributed by atoms with E-state index < -0.39 is 0 Å². The van der Waals surface area contributed by atoms with Crippen LogP contribution in [0.2, 0.25) is 0 Å². The van der Waals surface area contributed by atoms with Crippen LogP contribution in [0, 0.1) is 5.41 Å². The van der Waals surface area contributed by atoms with Crippen LogP contribution in [0.1, 0.15) is 27.2 Å². The predicted octanol–water partition coefficient (Wildman–Crippen LogP) is 0.523. The molecule has 0 aromatic rings. The zero-order valence-electron chi connectivity index (χ0n) is 7.33. The molecular weight excluding hydrogens is 140 g/mol. The van der Waals surface area contributed by atoms with Gasteiger partial charge in [-0.1, -0.05) is 13.8 Å². The van der Waals surface area contributed by atoms with Crippen molar-refractivity contribution in [3.05, 3.63) is 0 Å². The lowest BCUT2D eigenvalue weighted by Crippen LogP contribution is -2.52. The average Bonchev–Trinajstić information content (AvgIpc) is 1.87. The summed E-state index contributed by atoms with van der Waals surface area (Å²) in [6.07, 6.45) is 0.539. The largest absolute Gasteiger partial charge is 0.392 e. The summed E-state index contributed by atoms with van der Waals surface area (Å²) < 4.78 is 0. The van der Waals surface area contributed by atoms with Crippen LogP contribution < -0.4 is 5.73 Å². The topological polar surface area (TPSA) is 58.6 Å². The number of aliphatic hydroxyl groups excluding tert-OH is 1. The average molecular weight is 156 g/mol. The summed E-state index contributed by atoms with van der Waals surface area (Å²) >= 11 is 0. The SMILES string of the molecule is CC(N)=NC1CC(O)C1(C)C. The van der Waals surface area contributed by atoms with Crippen molar-refractivity contribution in [1.29, 1.82) is 0 Å². The molecule has 3 heteroatoms. The molecule has 64 valence electrons. The highest BCUT2D eigenvalue weighted by Crippen LogP contribution is 2.42. The maximum atomic E-state index is 9.35. The lowest BCUT2D eigenvalue weighted by Gasteiger charge is -2.46. The Hall–Kier alpha value is -0.570. The van der Waals surface area contributed by atoms with Gasteiger partial charge in [-0.2, -0.15) is 0 Å². The standard InChI is InChI=1S/C8H16N2O/c1-5(9)10-6-4-7(11)8(6,2)3/h6-7,11H,4H2,1-3H3,(H2,9,10). The number of amidine groups is 1. The minimum atomic E-state index is -0.212. The summed E-state index contributed by atoms with van der Waals surface area (Å²) in [5.41, 5.74) is 5.35. The van der Waals surface area contributed by atoms with E-state index in [1.54, 1.807) is 6.92 Å². The third-order valence-electron chi connectivity index (χ3n) is 2.52. The summed E-state index contributed by atoms with van der Waals surface area (Å²) in [6, 6.07) is 0.211. The van der Waals surface area contributed by atoms with Crippen molar-refractivity contribution in [2.45, 2.75) is 39.3 Å². The lowest BCUT2D eigenvalue weighted by atomic mass is 9.65. The van der Waals surface area contributed by atoms with Crippen LogP contribution in [0.4, 0.5) is 0 Å². The molecule has 0 aromatic carbocycles. The van der Waals surface area contributed by atoms with Gasteiger partial charge in [0.05, 0.1) is 18.0 Å². The van der Waals surface area contributed by atoms with Crippen LogP contribution >= 0.6 is 0 Å². The fourth-order valence-electron chi connectivity index (χ4n) is 1.35.